The van der Waals surface area contributed by atoms with E-state index in [1.807, 2.05) is 13.0 Å². The Morgan fingerprint density at radius 2 is 2.47 bits per heavy atom. The largest absolute Gasteiger partial charge is 0.480 e. The lowest BCUT2D eigenvalue weighted by Crippen LogP contribution is -2.08. The van der Waals surface area contributed by atoms with Crippen molar-refractivity contribution in [1.82, 2.24) is 19.4 Å². The molecule has 0 radical (unpaired) electrons. The molecular weight excluding hydrogens is 216 g/mol. The standard InChI is InChI=1S/C8H8N4O2S/c1-5-2-7(15-10-5)6-3-12(11-9-6)4-8(13)14/h2-3H,4H2,1H3,(H,13,14). The number of carboxylic acids is 1. The third kappa shape index (κ3) is 2.18. The SMILES string of the molecule is Cc1cc(-c2cn(CC(=O)O)nn2)sn1. The molecule has 78 valence electrons. The maximum Gasteiger partial charge on any atom is 0.325 e. The van der Waals surface area contributed by atoms with Crippen LogP contribution in [-0.2, 0) is 11.3 Å². The van der Waals surface area contributed by atoms with E-state index in [1.54, 1.807) is 6.20 Å². The van der Waals surface area contributed by atoms with Crippen molar-refractivity contribution in [2.75, 3.05) is 0 Å². The van der Waals surface area contributed by atoms with Crippen molar-refractivity contribution in [2.45, 2.75) is 13.5 Å². The minimum atomic E-state index is -0.938. The van der Waals surface area contributed by atoms with Gasteiger partial charge in [0.25, 0.3) is 0 Å². The summed E-state index contributed by atoms with van der Waals surface area (Å²) in [6.07, 6.45) is 1.60. The molecule has 0 aliphatic rings. The number of carbonyl (C=O) groups is 1. The second-order valence-corrected chi connectivity index (χ2v) is 3.83. The van der Waals surface area contributed by atoms with Crippen molar-refractivity contribution in [3.8, 4) is 10.6 Å². The maximum absolute atomic E-state index is 10.4. The topological polar surface area (TPSA) is 80.9 Å². The Bertz CT molecular complexity index is 490. The van der Waals surface area contributed by atoms with Crippen LogP contribution < -0.4 is 0 Å². The van der Waals surface area contributed by atoms with Gasteiger partial charge in [0.2, 0.25) is 0 Å². The zero-order chi connectivity index (χ0) is 10.8. The van der Waals surface area contributed by atoms with Crippen LogP contribution in [-0.4, -0.2) is 30.4 Å². The Balaban J connectivity index is 2.23. The second kappa shape index (κ2) is 3.77. The quantitative estimate of drug-likeness (QED) is 0.833. The predicted octanol–water partition coefficient (Wildman–Crippen LogP) is 0.795. The molecule has 1 N–H and O–H groups in total. The van der Waals surface area contributed by atoms with Gasteiger partial charge < -0.3 is 5.11 Å². The lowest BCUT2D eigenvalue weighted by atomic mass is 10.3. The van der Waals surface area contributed by atoms with Crippen molar-refractivity contribution < 1.29 is 9.90 Å². The van der Waals surface area contributed by atoms with Gasteiger partial charge in [-0.15, -0.1) is 5.10 Å². The lowest BCUT2D eigenvalue weighted by molar-refractivity contribution is -0.137. The van der Waals surface area contributed by atoms with Gasteiger partial charge in [-0.2, -0.15) is 4.37 Å². The molecule has 0 aliphatic heterocycles. The number of nitrogens with zero attached hydrogens (tertiary/aromatic N) is 4. The molecule has 0 aromatic carbocycles. The number of hydrogen-bond acceptors (Lipinski definition) is 5. The van der Waals surface area contributed by atoms with E-state index < -0.39 is 5.97 Å². The number of hydrogen-bond donors (Lipinski definition) is 1. The molecule has 0 spiro atoms. The monoisotopic (exact) mass is 224 g/mol. The van der Waals surface area contributed by atoms with Crippen molar-refractivity contribution >= 4 is 17.5 Å². The smallest absolute Gasteiger partial charge is 0.325 e. The molecule has 0 unspecified atom stereocenters. The Morgan fingerprint density at radius 3 is 3.07 bits per heavy atom. The third-order valence-corrected chi connectivity index (χ3v) is 2.62. The van der Waals surface area contributed by atoms with E-state index in [0.29, 0.717) is 5.69 Å². The third-order valence-electron chi connectivity index (χ3n) is 1.72. The summed E-state index contributed by atoms with van der Waals surface area (Å²) in [5, 5.41) is 16.1. The van der Waals surface area contributed by atoms with Crippen LogP contribution in [0.2, 0.25) is 0 Å². The van der Waals surface area contributed by atoms with E-state index in [2.05, 4.69) is 14.7 Å². The summed E-state index contributed by atoms with van der Waals surface area (Å²) in [5.41, 5.74) is 1.57. The highest BCUT2D eigenvalue weighted by molar-refractivity contribution is 7.09. The molecule has 6 nitrogen and oxygen atoms in total. The molecule has 0 bridgehead atoms. The Labute approximate surface area is 89.3 Å². The summed E-state index contributed by atoms with van der Waals surface area (Å²) >= 11 is 1.32. The average Bonchev–Trinajstić information content (AvgIpc) is 2.72. The van der Waals surface area contributed by atoms with Crippen LogP contribution in [0.4, 0.5) is 0 Å². The average molecular weight is 224 g/mol. The Hall–Kier alpha value is -1.76. The molecule has 2 rings (SSSR count). The summed E-state index contributed by atoms with van der Waals surface area (Å²) in [6, 6.07) is 1.89. The minimum absolute atomic E-state index is 0.176. The van der Waals surface area contributed by atoms with Gasteiger partial charge in [-0.1, -0.05) is 5.21 Å². The zero-order valence-electron chi connectivity index (χ0n) is 7.91. The lowest BCUT2D eigenvalue weighted by Gasteiger charge is -1.90. The summed E-state index contributed by atoms with van der Waals surface area (Å²) in [6.45, 7) is 1.71. The first-order valence-electron chi connectivity index (χ1n) is 4.21. The second-order valence-electron chi connectivity index (χ2n) is 3.03. The number of aromatic nitrogens is 4. The van der Waals surface area contributed by atoms with Crippen LogP contribution in [0.25, 0.3) is 10.6 Å². The van der Waals surface area contributed by atoms with Gasteiger partial charge in [-0.05, 0) is 24.5 Å². The molecule has 0 amide bonds. The van der Waals surface area contributed by atoms with Gasteiger partial charge in [0, 0.05) is 0 Å². The molecule has 2 heterocycles. The highest BCUT2D eigenvalue weighted by atomic mass is 32.1. The van der Waals surface area contributed by atoms with Gasteiger partial charge in [-0.25, -0.2) is 4.68 Å². The first kappa shape index (κ1) is 9.78. The Morgan fingerprint density at radius 1 is 1.67 bits per heavy atom. The van der Waals surface area contributed by atoms with E-state index in [4.69, 9.17) is 5.11 Å². The molecule has 0 atom stereocenters. The highest BCUT2D eigenvalue weighted by Crippen LogP contribution is 2.21. The van der Waals surface area contributed by atoms with E-state index in [9.17, 15) is 4.79 Å². The molecular formula is C8H8N4O2S. The van der Waals surface area contributed by atoms with Crippen molar-refractivity contribution in [1.29, 1.82) is 0 Å². The van der Waals surface area contributed by atoms with Crippen LogP contribution in [0.3, 0.4) is 0 Å². The van der Waals surface area contributed by atoms with E-state index >= 15 is 0 Å². The molecule has 0 saturated carbocycles. The summed E-state index contributed by atoms with van der Waals surface area (Å²) in [4.78, 5) is 11.3. The number of aryl methyl sites for hydroxylation is 1. The highest BCUT2D eigenvalue weighted by Gasteiger charge is 2.08. The van der Waals surface area contributed by atoms with Gasteiger partial charge in [0.1, 0.15) is 12.2 Å². The fourth-order valence-electron chi connectivity index (χ4n) is 1.11. The molecule has 0 fully saturated rings. The van der Waals surface area contributed by atoms with E-state index in [0.717, 1.165) is 10.6 Å². The van der Waals surface area contributed by atoms with Crippen LogP contribution >= 0.6 is 11.5 Å². The van der Waals surface area contributed by atoms with Crippen molar-refractivity contribution in [3.05, 3.63) is 18.0 Å². The number of carboxylic acid groups (broad SMARTS) is 1. The summed E-state index contributed by atoms with van der Waals surface area (Å²) in [5.74, 6) is -0.938. The van der Waals surface area contributed by atoms with Gasteiger partial charge in [-0.3, -0.25) is 4.79 Å². The molecule has 0 saturated heterocycles. The normalized spacial score (nSPS) is 10.5. The fourth-order valence-corrected chi connectivity index (χ4v) is 1.82. The fraction of sp³-hybridized carbons (Fsp3) is 0.250. The molecule has 0 aliphatic carbocycles. The zero-order valence-corrected chi connectivity index (χ0v) is 8.73. The Kier molecular flexibility index (Phi) is 2.46. The predicted molar refractivity (Wildman–Crippen MR) is 53.5 cm³/mol. The molecule has 7 heteroatoms. The molecule has 2 aromatic heterocycles. The summed E-state index contributed by atoms with van der Waals surface area (Å²) in [7, 11) is 0. The van der Waals surface area contributed by atoms with Crippen molar-refractivity contribution in [2.24, 2.45) is 0 Å². The van der Waals surface area contributed by atoms with Gasteiger partial charge >= 0.3 is 5.97 Å². The molecule has 2 aromatic rings. The number of rotatable bonds is 3. The first-order valence-corrected chi connectivity index (χ1v) is 4.98. The minimum Gasteiger partial charge on any atom is -0.480 e. The summed E-state index contributed by atoms with van der Waals surface area (Å²) < 4.78 is 5.40. The van der Waals surface area contributed by atoms with Crippen LogP contribution in [0.1, 0.15) is 5.69 Å². The van der Waals surface area contributed by atoms with Crippen molar-refractivity contribution in [3.63, 3.8) is 0 Å². The van der Waals surface area contributed by atoms with Gasteiger partial charge in [0.05, 0.1) is 16.8 Å². The van der Waals surface area contributed by atoms with Crippen LogP contribution in [0.15, 0.2) is 12.3 Å². The van der Waals surface area contributed by atoms with Crippen LogP contribution in [0, 0.1) is 6.92 Å². The van der Waals surface area contributed by atoms with E-state index in [-0.39, 0.29) is 6.54 Å². The first-order chi connectivity index (χ1) is 7.15. The number of aliphatic carboxylic acids is 1. The van der Waals surface area contributed by atoms with Gasteiger partial charge in [0.15, 0.2) is 0 Å². The van der Waals surface area contributed by atoms with Crippen LogP contribution in [0.5, 0.6) is 0 Å². The maximum atomic E-state index is 10.4. The molecule has 15 heavy (non-hydrogen) atoms. The van der Waals surface area contributed by atoms with E-state index in [1.165, 1.54) is 16.2 Å².